The number of ether oxygens (including phenoxy) is 4. The molecule has 1 fully saturated rings. The van der Waals surface area contributed by atoms with Crippen molar-refractivity contribution in [2.75, 3.05) is 26.8 Å². The van der Waals surface area contributed by atoms with Crippen LogP contribution in [0.1, 0.15) is 45.1 Å². The van der Waals surface area contributed by atoms with E-state index in [2.05, 4.69) is 15.4 Å². The van der Waals surface area contributed by atoms with Crippen LogP contribution < -0.4 is 5.32 Å². The number of halogens is 3. The van der Waals surface area contributed by atoms with Gasteiger partial charge in [0, 0.05) is 28.0 Å². The highest BCUT2D eigenvalue weighted by molar-refractivity contribution is 8.00. The topological polar surface area (TPSA) is 161 Å². The van der Waals surface area contributed by atoms with E-state index in [1.807, 2.05) is 12.1 Å². The lowest BCUT2D eigenvalue weighted by Crippen LogP contribution is -2.47. The van der Waals surface area contributed by atoms with Gasteiger partial charge in [0.25, 0.3) is 0 Å². The predicted molar refractivity (Wildman–Crippen MR) is 194 cm³/mol. The molecular weight excluding hydrogens is 738 g/mol. The van der Waals surface area contributed by atoms with E-state index < -0.39 is 46.5 Å². The quantitative estimate of drug-likeness (QED) is 0.118. The molecular formula is C39H35F3N6O6S. The maximum atomic E-state index is 15.9. The number of aromatic nitrogens is 3. The second-order valence-electron chi connectivity index (χ2n) is 12.2. The van der Waals surface area contributed by atoms with Gasteiger partial charge in [-0.05, 0) is 56.4 Å². The maximum absolute atomic E-state index is 15.9. The fraction of sp³-hybridized carbons (Fsp3) is 0.282. The number of esters is 2. The molecule has 0 amide bonds. The lowest BCUT2D eigenvalue weighted by atomic mass is 9.89. The highest BCUT2D eigenvalue weighted by atomic mass is 32.2. The first kappa shape index (κ1) is 40.4. The molecule has 0 saturated carbocycles. The SMILES string of the molecule is CNCC(=O)OCc1ccc(C#N)cc1C(=O)O[C@@](Cn1cncn1)(c1ccc(F)cc1F)[C@@H](C)SC1COC(C=CC=Cc2ccc(C#N)cc2F)OC1. The molecule has 1 aromatic heterocycles. The van der Waals surface area contributed by atoms with Gasteiger partial charge in [0.15, 0.2) is 11.9 Å². The Morgan fingerprint density at radius 1 is 1.05 bits per heavy atom. The Bertz CT molecular complexity index is 2130. The standard InChI is InChI=1S/C39H35F3N6O6S/c1-25(55-31-20-52-37(53-21-31)6-4-3-5-28-9-7-27(17-44)14-34(28)41)39(22-48-24-46-23-47-48,33-12-11-30(40)15-35(33)42)54-38(50)32-13-26(16-43)8-10-29(32)19-51-36(49)18-45-2/h3-15,23-25,31,37,45H,18-22H2,1-2H3/t25-,31?,37?,39-/m1/s1. The van der Waals surface area contributed by atoms with Crippen LogP contribution in [0.25, 0.3) is 6.08 Å². The first-order chi connectivity index (χ1) is 26.5. The first-order valence-electron chi connectivity index (χ1n) is 16.8. The summed E-state index contributed by atoms with van der Waals surface area (Å²) in [5, 5.41) is 24.3. The molecule has 0 aliphatic carbocycles. The number of hydrogen-bond donors (Lipinski definition) is 1. The van der Waals surface area contributed by atoms with Gasteiger partial charge in [-0.1, -0.05) is 30.4 Å². The number of benzene rings is 3. The highest BCUT2D eigenvalue weighted by Gasteiger charge is 2.47. The average Bonchev–Trinajstić information content (AvgIpc) is 3.69. The van der Waals surface area contributed by atoms with E-state index in [0.717, 1.165) is 12.1 Å². The summed E-state index contributed by atoms with van der Waals surface area (Å²) in [4.78, 5) is 30.4. The molecule has 0 spiro atoms. The smallest absolute Gasteiger partial charge is 0.339 e. The van der Waals surface area contributed by atoms with Crippen molar-refractivity contribution in [1.29, 1.82) is 10.5 Å². The molecule has 1 saturated heterocycles. The van der Waals surface area contributed by atoms with Crippen LogP contribution in [0.3, 0.4) is 0 Å². The number of carbonyl (C=O) groups is 2. The Morgan fingerprint density at radius 3 is 2.47 bits per heavy atom. The van der Waals surface area contributed by atoms with Crippen molar-refractivity contribution >= 4 is 29.8 Å². The number of rotatable bonds is 15. The number of nitrogens with zero attached hydrogens (tertiary/aromatic N) is 5. The van der Waals surface area contributed by atoms with Crippen LogP contribution in [0, 0.1) is 40.1 Å². The molecule has 0 bridgehead atoms. The zero-order chi connectivity index (χ0) is 39.4. The number of hydrogen-bond acceptors (Lipinski definition) is 12. The van der Waals surface area contributed by atoms with Crippen molar-refractivity contribution in [3.63, 3.8) is 0 Å². The third-order valence-corrected chi connectivity index (χ3v) is 9.87. The zero-order valence-corrected chi connectivity index (χ0v) is 30.5. The number of carbonyl (C=O) groups excluding carboxylic acids is 2. The van der Waals surface area contributed by atoms with Crippen molar-refractivity contribution in [2.45, 2.75) is 42.5 Å². The first-order valence-corrected chi connectivity index (χ1v) is 17.8. The zero-order valence-electron chi connectivity index (χ0n) is 29.7. The van der Waals surface area contributed by atoms with Crippen LogP contribution in [0.4, 0.5) is 13.2 Å². The van der Waals surface area contributed by atoms with Gasteiger partial charge in [0.2, 0.25) is 0 Å². The van der Waals surface area contributed by atoms with Gasteiger partial charge in [0.1, 0.15) is 36.7 Å². The third-order valence-electron chi connectivity index (χ3n) is 8.42. The minimum atomic E-state index is -1.88. The van der Waals surface area contributed by atoms with Gasteiger partial charge in [-0.2, -0.15) is 15.6 Å². The molecule has 1 aliphatic rings. The van der Waals surface area contributed by atoms with Crippen LogP contribution in [0.5, 0.6) is 0 Å². The van der Waals surface area contributed by atoms with Crippen LogP contribution in [0.15, 0.2) is 85.5 Å². The van der Waals surface area contributed by atoms with E-state index in [4.69, 9.17) is 24.2 Å². The van der Waals surface area contributed by atoms with Crippen molar-refractivity contribution in [1.82, 2.24) is 20.1 Å². The minimum absolute atomic E-state index is 0.0839. The second kappa shape index (κ2) is 19.0. The highest BCUT2D eigenvalue weighted by Crippen LogP contribution is 2.42. The number of likely N-dealkylation sites (N-methyl/N-ethyl adjacent to an activating group) is 1. The molecule has 2 heterocycles. The van der Waals surface area contributed by atoms with E-state index in [0.29, 0.717) is 11.6 Å². The number of nitrogens with one attached hydrogen (secondary N) is 1. The summed E-state index contributed by atoms with van der Waals surface area (Å²) >= 11 is 1.28. The molecule has 0 unspecified atom stereocenters. The third kappa shape index (κ3) is 10.5. The average molecular weight is 773 g/mol. The molecule has 2 atom stereocenters. The molecule has 4 aromatic rings. The van der Waals surface area contributed by atoms with Gasteiger partial charge in [-0.15, -0.1) is 11.8 Å². The Hall–Kier alpha value is -5.78. The molecule has 284 valence electrons. The number of allylic oxidation sites excluding steroid dienone is 2. The molecule has 3 aromatic carbocycles. The fourth-order valence-corrected chi connectivity index (χ4v) is 7.02. The van der Waals surface area contributed by atoms with Crippen LogP contribution in [0.2, 0.25) is 0 Å². The summed E-state index contributed by atoms with van der Waals surface area (Å²) in [7, 11) is 1.57. The second-order valence-corrected chi connectivity index (χ2v) is 13.8. The molecule has 12 nitrogen and oxygen atoms in total. The Morgan fingerprint density at radius 2 is 1.80 bits per heavy atom. The summed E-state index contributed by atoms with van der Waals surface area (Å²) in [6.07, 6.45) is 8.30. The molecule has 1 N–H and O–H groups in total. The molecule has 5 rings (SSSR count). The largest absolute Gasteiger partial charge is 0.460 e. The van der Waals surface area contributed by atoms with Gasteiger partial charge in [0.05, 0.1) is 60.4 Å². The number of thioether (sulfide) groups is 1. The fourth-order valence-electron chi connectivity index (χ4n) is 5.66. The predicted octanol–water partition coefficient (Wildman–Crippen LogP) is 5.59. The Balaban J connectivity index is 1.40. The van der Waals surface area contributed by atoms with Crippen LogP contribution >= 0.6 is 11.8 Å². The van der Waals surface area contributed by atoms with Crippen LogP contribution in [-0.2, 0) is 42.5 Å². The van der Waals surface area contributed by atoms with Gasteiger partial charge in [-0.3, -0.25) is 4.79 Å². The Labute approximate surface area is 319 Å². The Kier molecular flexibility index (Phi) is 14.0. The summed E-state index contributed by atoms with van der Waals surface area (Å²) < 4.78 is 69.2. The van der Waals surface area contributed by atoms with E-state index >= 15 is 4.39 Å². The normalized spacial score (nSPS) is 17.3. The van der Waals surface area contributed by atoms with Crippen molar-refractivity contribution in [3.8, 4) is 12.1 Å². The van der Waals surface area contributed by atoms with E-state index in [1.165, 1.54) is 71.6 Å². The van der Waals surface area contributed by atoms with E-state index in [1.54, 1.807) is 32.2 Å². The lowest BCUT2D eigenvalue weighted by molar-refractivity contribution is -0.146. The molecule has 1 aliphatic heterocycles. The van der Waals surface area contributed by atoms with Crippen LogP contribution in [-0.4, -0.2) is 70.3 Å². The summed E-state index contributed by atoms with van der Waals surface area (Å²) in [6, 6.07) is 15.2. The summed E-state index contributed by atoms with van der Waals surface area (Å²) in [5.74, 6) is -3.92. The van der Waals surface area contributed by atoms with Crippen molar-refractivity contribution in [2.24, 2.45) is 0 Å². The van der Waals surface area contributed by atoms with E-state index in [-0.39, 0.29) is 66.0 Å². The summed E-state index contributed by atoms with van der Waals surface area (Å²) in [6.45, 7) is 1.39. The van der Waals surface area contributed by atoms with Crippen molar-refractivity contribution < 1.29 is 41.7 Å². The molecule has 16 heteroatoms. The van der Waals surface area contributed by atoms with Gasteiger partial charge in [-0.25, -0.2) is 27.6 Å². The van der Waals surface area contributed by atoms with Gasteiger partial charge < -0.3 is 24.3 Å². The number of nitriles is 2. The van der Waals surface area contributed by atoms with Crippen molar-refractivity contribution in [3.05, 3.63) is 136 Å². The molecule has 55 heavy (non-hydrogen) atoms. The minimum Gasteiger partial charge on any atom is -0.460 e. The molecule has 0 radical (unpaired) electrons. The lowest BCUT2D eigenvalue weighted by Gasteiger charge is -2.40. The summed E-state index contributed by atoms with van der Waals surface area (Å²) in [5.41, 5.74) is -1.27. The van der Waals surface area contributed by atoms with E-state index in [9.17, 15) is 23.6 Å². The monoisotopic (exact) mass is 772 g/mol. The van der Waals surface area contributed by atoms with Gasteiger partial charge >= 0.3 is 11.9 Å². The maximum Gasteiger partial charge on any atom is 0.339 e.